The summed E-state index contributed by atoms with van der Waals surface area (Å²) in [6, 6.07) is 4.24. The van der Waals surface area contributed by atoms with Gasteiger partial charge in [0.15, 0.2) is 0 Å². The molecule has 0 radical (unpaired) electrons. The first-order valence-corrected chi connectivity index (χ1v) is 9.21. The van der Waals surface area contributed by atoms with Gasteiger partial charge in [0.05, 0.1) is 21.7 Å². The Morgan fingerprint density at radius 1 is 0.926 bits per heavy atom. The van der Waals surface area contributed by atoms with Crippen LogP contribution in [-0.4, -0.2) is 8.42 Å². The van der Waals surface area contributed by atoms with Crippen LogP contribution < -0.4 is 4.72 Å². The van der Waals surface area contributed by atoms with E-state index in [4.69, 9.17) is 11.6 Å². The fourth-order valence-electron chi connectivity index (χ4n) is 2.31. The van der Waals surface area contributed by atoms with Crippen LogP contribution in [0.5, 0.6) is 0 Å². The Balaban J connectivity index is 2.56. The van der Waals surface area contributed by atoms with E-state index in [1.54, 1.807) is 11.6 Å². The van der Waals surface area contributed by atoms with E-state index in [1.807, 2.05) is 0 Å². The van der Waals surface area contributed by atoms with E-state index in [0.29, 0.717) is 12.1 Å². The maximum Gasteiger partial charge on any atom is 0.416 e. The normalized spacial score (nSPS) is 12.9. The first-order chi connectivity index (χ1) is 12.2. The molecule has 0 atom stereocenters. The van der Waals surface area contributed by atoms with Gasteiger partial charge in [-0.1, -0.05) is 18.5 Å². The lowest BCUT2D eigenvalue weighted by atomic mass is 10.1. The molecular formula is C16H12ClF6NO2S. The van der Waals surface area contributed by atoms with E-state index in [1.165, 1.54) is 12.1 Å². The summed E-state index contributed by atoms with van der Waals surface area (Å²) in [6.45, 7) is 1.62. The Kier molecular flexibility index (Phi) is 5.72. The number of hydrogen-bond acceptors (Lipinski definition) is 2. The minimum atomic E-state index is -5.09. The highest BCUT2D eigenvalue weighted by Gasteiger charge is 2.37. The first-order valence-electron chi connectivity index (χ1n) is 7.35. The van der Waals surface area contributed by atoms with Gasteiger partial charge in [0.25, 0.3) is 10.0 Å². The molecule has 2 rings (SSSR count). The van der Waals surface area contributed by atoms with Crippen molar-refractivity contribution in [3.63, 3.8) is 0 Å². The average Bonchev–Trinajstić information content (AvgIpc) is 2.52. The monoisotopic (exact) mass is 431 g/mol. The smallest absolute Gasteiger partial charge is 0.280 e. The summed E-state index contributed by atoms with van der Waals surface area (Å²) in [5.41, 5.74) is -3.84. The Bertz CT molecular complexity index is 922. The van der Waals surface area contributed by atoms with Crippen molar-refractivity contribution in [1.82, 2.24) is 0 Å². The molecule has 0 bridgehead atoms. The van der Waals surface area contributed by atoms with E-state index in [0.717, 1.165) is 6.07 Å². The maximum absolute atomic E-state index is 12.9. The van der Waals surface area contributed by atoms with Crippen LogP contribution in [-0.2, 0) is 28.8 Å². The standard InChI is InChI=1S/C16H12ClF6NO2S/c1-2-9-5-12(17)3-4-14(9)27(25,26)24-13-7-10(15(18,19)20)6-11(8-13)16(21,22)23/h3-8,24H,2H2,1H3. The molecule has 0 saturated heterocycles. The minimum absolute atomic E-state index is 0.0858. The quantitative estimate of drug-likeness (QED) is 0.627. The minimum Gasteiger partial charge on any atom is -0.280 e. The molecule has 2 aromatic rings. The van der Waals surface area contributed by atoms with Crippen LogP contribution in [0.2, 0.25) is 5.02 Å². The molecule has 0 spiro atoms. The number of aryl methyl sites for hydroxylation is 1. The van der Waals surface area contributed by atoms with Crippen molar-refractivity contribution in [2.75, 3.05) is 4.72 Å². The van der Waals surface area contributed by atoms with E-state index in [9.17, 15) is 34.8 Å². The molecule has 3 nitrogen and oxygen atoms in total. The van der Waals surface area contributed by atoms with Gasteiger partial charge in [0, 0.05) is 5.02 Å². The van der Waals surface area contributed by atoms with Crippen LogP contribution in [0.25, 0.3) is 0 Å². The highest BCUT2D eigenvalue weighted by molar-refractivity contribution is 7.92. The number of anilines is 1. The van der Waals surface area contributed by atoms with Gasteiger partial charge in [-0.05, 0) is 48.4 Å². The molecule has 27 heavy (non-hydrogen) atoms. The van der Waals surface area contributed by atoms with Crippen LogP contribution in [0, 0.1) is 0 Å². The molecule has 148 valence electrons. The third-order valence-corrected chi connectivity index (χ3v) is 5.25. The van der Waals surface area contributed by atoms with Crippen LogP contribution >= 0.6 is 11.6 Å². The predicted octanol–water partition coefficient (Wildman–Crippen LogP) is 5.74. The summed E-state index contributed by atoms with van der Waals surface area (Å²) in [5, 5.41) is 0.240. The number of benzene rings is 2. The zero-order valence-corrected chi connectivity index (χ0v) is 15.1. The van der Waals surface area contributed by atoms with Crippen LogP contribution in [0.15, 0.2) is 41.3 Å². The predicted molar refractivity (Wildman–Crippen MR) is 88.1 cm³/mol. The Hall–Kier alpha value is -1.94. The van der Waals surface area contributed by atoms with Crippen molar-refractivity contribution in [1.29, 1.82) is 0 Å². The van der Waals surface area contributed by atoms with Gasteiger partial charge in [-0.3, -0.25) is 4.72 Å². The molecule has 2 aromatic carbocycles. The molecule has 11 heteroatoms. The van der Waals surface area contributed by atoms with Crippen molar-refractivity contribution in [2.24, 2.45) is 0 Å². The summed E-state index contributed by atoms with van der Waals surface area (Å²) in [7, 11) is -4.44. The van der Waals surface area contributed by atoms with Crippen LogP contribution in [0.4, 0.5) is 32.0 Å². The lowest BCUT2D eigenvalue weighted by molar-refractivity contribution is -0.143. The number of halogens is 7. The van der Waals surface area contributed by atoms with E-state index in [-0.39, 0.29) is 28.0 Å². The summed E-state index contributed by atoms with van der Waals surface area (Å²) in [6.07, 6.45) is -9.94. The van der Waals surface area contributed by atoms with Crippen LogP contribution in [0.3, 0.4) is 0 Å². The number of nitrogens with one attached hydrogen (secondary N) is 1. The zero-order chi connectivity index (χ0) is 20.6. The summed E-state index contributed by atoms with van der Waals surface area (Å²) < 4.78 is 104. The van der Waals surface area contributed by atoms with Crippen molar-refractivity contribution in [3.8, 4) is 0 Å². The molecule has 0 fully saturated rings. The fraction of sp³-hybridized carbons (Fsp3) is 0.250. The number of sulfonamides is 1. The molecule has 0 heterocycles. The summed E-state index contributed by atoms with van der Waals surface area (Å²) >= 11 is 5.78. The van der Waals surface area contributed by atoms with Crippen molar-refractivity contribution < 1.29 is 34.8 Å². The number of rotatable bonds is 4. The zero-order valence-electron chi connectivity index (χ0n) is 13.5. The van der Waals surface area contributed by atoms with Crippen molar-refractivity contribution in [3.05, 3.63) is 58.1 Å². The third-order valence-electron chi connectivity index (χ3n) is 3.53. The Labute approximate surface area is 156 Å². The second-order valence-corrected chi connectivity index (χ2v) is 7.59. The maximum atomic E-state index is 12.9. The molecule has 0 aliphatic heterocycles. The fourth-order valence-corrected chi connectivity index (χ4v) is 3.84. The molecule has 0 aromatic heterocycles. The molecule has 0 amide bonds. The van der Waals surface area contributed by atoms with E-state index < -0.39 is 39.2 Å². The average molecular weight is 432 g/mol. The first kappa shape index (κ1) is 21.4. The lowest BCUT2D eigenvalue weighted by Crippen LogP contribution is -2.17. The SMILES string of the molecule is CCc1cc(Cl)ccc1S(=O)(=O)Nc1cc(C(F)(F)F)cc(C(F)(F)F)c1. The van der Waals surface area contributed by atoms with Gasteiger partial charge in [0.1, 0.15) is 0 Å². The van der Waals surface area contributed by atoms with E-state index >= 15 is 0 Å². The van der Waals surface area contributed by atoms with Gasteiger partial charge in [-0.15, -0.1) is 0 Å². The largest absolute Gasteiger partial charge is 0.416 e. The second-order valence-electron chi connectivity index (χ2n) is 5.51. The summed E-state index contributed by atoms with van der Waals surface area (Å²) in [5.74, 6) is 0. The topological polar surface area (TPSA) is 46.2 Å². The van der Waals surface area contributed by atoms with Gasteiger partial charge in [0.2, 0.25) is 0 Å². The van der Waals surface area contributed by atoms with Crippen LogP contribution in [0.1, 0.15) is 23.6 Å². The lowest BCUT2D eigenvalue weighted by Gasteiger charge is -2.16. The Morgan fingerprint density at radius 2 is 1.44 bits per heavy atom. The number of alkyl halides is 6. The van der Waals surface area contributed by atoms with Gasteiger partial charge in [-0.25, -0.2) is 8.42 Å². The molecule has 1 N–H and O–H groups in total. The highest BCUT2D eigenvalue weighted by Crippen LogP contribution is 2.38. The Morgan fingerprint density at radius 3 is 1.89 bits per heavy atom. The molecule has 0 saturated carbocycles. The number of hydrogen-bond donors (Lipinski definition) is 1. The van der Waals surface area contributed by atoms with E-state index in [2.05, 4.69) is 0 Å². The molecule has 0 unspecified atom stereocenters. The summed E-state index contributed by atoms with van der Waals surface area (Å²) in [4.78, 5) is -0.291. The highest BCUT2D eigenvalue weighted by atomic mass is 35.5. The van der Waals surface area contributed by atoms with Gasteiger partial charge >= 0.3 is 12.4 Å². The van der Waals surface area contributed by atoms with Crippen molar-refractivity contribution in [2.45, 2.75) is 30.6 Å². The van der Waals surface area contributed by atoms with Gasteiger partial charge < -0.3 is 0 Å². The van der Waals surface area contributed by atoms with Gasteiger partial charge in [-0.2, -0.15) is 26.3 Å². The molecular weight excluding hydrogens is 420 g/mol. The van der Waals surface area contributed by atoms with Crippen molar-refractivity contribution >= 4 is 27.3 Å². The molecule has 0 aliphatic rings. The third kappa shape index (κ3) is 5.07. The molecule has 0 aliphatic carbocycles. The second kappa shape index (κ2) is 7.23.